The van der Waals surface area contributed by atoms with E-state index in [0.29, 0.717) is 0 Å². The van der Waals surface area contributed by atoms with E-state index in [1.807, 2.05) is 6.92 Å². The van der Waals surface area contributed by atoms with Crippen LogP contribution in [-0.4, -0.2) is 11.2 Å². The fourth-order valence-electron chi connectivity index (χ4n) is 2.02. The van der Waals surface area contributed by atoms with Crippen molar-refractivity contribution in [3.63, 3.8) is 0 Å². The first-order valence-electron chi connectivity index (χ1n) is 4.46. The first-order valence-corrected chi connectivity index (χ1v) is 4.46. The molecule has 0 aromatic heterocycles. The number of hydrogen-bond donors (Lipinski definition) is 1. The van der Waals surface area contributed by atoms with Gasteiger partial charge < -0.3 is 5.11 Å². The molecule has 2 aliphatic carbocycles. The maximum Gasteiger partial charge on any atom is 0.101 e. The van der Waals surface area contributed by atoms with Gasteiger partial charge in [-0.3, -0.25) is 0 Å². The summed E-state index contributed by atoms with van der Waals surface area (Å²) in [7, 11) is 0. The highest BCUT2D eigenvalue weighted by Crippen LogP contribution is 2.36. The van der Waals surface area contributed by atoms with Crippen LogP contribution in [0.3, 0.4) is 0 Å². The summed E-state index contributed by atoms with van der Waals surface area (Å²) in [6.07, 6.45) is 6.24. The molecule has 1 atom stereocenters. The normalized spacial score (nSPS) is 28.4. The van der Waals surface area contributed by atoms with Crippen LogP contribution in [-0.2, 0) is 0 Å². The summed E-state index contributed by atoms with van der Waals surface area (Å²) in [4.78, 5) is 0. The molecule has 2 aliphatic rings. The Kier molecular flexibility index (Phi) is 1.69. The van der Waals surface area contributed by atoms with Gasteiger partial charge in [-0.05, 0) is 43.4 Å². The van der Waals surface area contributed by atoms with Crippen LogP contribution in [0.2, 0.25) is 0 Å². The van der Waals surface area contributed by atoms with E-state index >= 15 is 0 Å². The van der Waals surface area contributed by atoms with Gasteiger partial charge in [0.25, 0.3) is 0 Å². The SMILES string of the molecule is CC1=CC2=CCCC(C)=C2C1O. The molecule has 1 unspecified atom stereocenters. The smallest absolute Gasteiger partial charge is 0.101 e. The number of fused-ring (bicyclic) bond motifs is 1. The van der Waals surface area contributed by atoms with E-state index in [4.69, 9.17) is 0 Å². The highest BCUT2D eigenvalue weighted by atomic mass is 16.3. The lowest BCUT2D eigenvalue weighted by atomic mass is 9.92. The predicted octanol–water partition coefficient (Wildman–Crippen LogP) is 2.34. The lowest BCUT2D eigenvalue weighted by molar-refractivity contribution is 0.252. The molecular weight excluding hydrogens is 148 g/mol. The molecule has 0 amide bonds. The third kappa shape index (κ3) is 0.969. The second-order valence-electron chi connectivity index (χ2n) is 3.68. The fraction of sp³-hybridized carbons (Fsp3) is 0.455. The van der Waals surface area contributed by atoms with Gasteiger partial charge in [0.1, 0.15) is 6.10 Å². The predicted molar refractivity (Wildman–Crippen MR) is 49.8 cm³/mol. The Hall–Kier alpha value is -0.820. The molecule has 0 radical (unpaired) electrons. The summed E-state index contributed by atoms with van der Waals surface area (Å²) < 4.78 is 0. The lowest BCUT2D eigenvalue weighted by Crippen LogP contribution is -2.10. The van der Waals surface area contributed by atoms with Gasteiger partial charge in [-0.2, -0.15) is 0 Å². The van der Waals surface area contributed by atoms with Crippen molar-refractivity contribution in [3.8, 4) is 0 Å². The topological polar surface area (TPSA) is 20.2 Å². The van der Waals surface area contributed by atoms with E-state index in [9.17, 15) is 5.11 Å². The minimum atomic E-state index is -0.323. The highest BCUT2D eigenvalue weighted by Gasteiger charge is 2.26. The first-order chi connectivity index (χ1) is 5.70. The molecule has 0 aliphatic heterocycles. The van der Waals surface area contributed by atoms with Crippen LogP contribution in [0, 0.1) is 0 Å². The molecule has 2 rings (SSSR count). The largest absolute Gasteiger partial charge is 0.384 e. The van der Waals surface area contributed by atoms with Gasteiger partial charge in [0, 0.05) is 0 Å². The standard InChI is InChI=1S/C11H14O/c1-7-4-3-5-9-6-8(2)11(12)10(7)9/h5-6,11-12H,3-4H2,1-2H3. The van der Waals surface area contributed by atoms with Gasteiger partial charge in [0.2, 0.25) is 0 Å². The van der Waals surface area contributed by atoms with Crippen molar-refractivity contribution >= 4 is 0 Å². The van der Waals surface area contributed by atoms with E-state index in [-0.39, 0.29) is 6.10 Å². The molecular formula is C11H14O. The summed E-state index contributed by atoms with van der Waals surface area (Å²) >= 11 is 0. The summed E-state index contributed by atoms with van der Waals surface area (Å²) in [5, 5.41) is 9.80. The highest BCUT2D eigenvalue weighted by molar-refractivity contribution is 5.56. The Morgan fingerprint density at radius 1 is 1.42 bits per heavy atom. The maximum absolute atomic E-state index is 9.80. The Morgan fingerprint density at radius 2 is 2.17 bits per heavy atom. The van der Waals surface area contributed by atoms with Crippen LogP contribution >= 0.6 is 0 Å². The van der Waals surface area contributed by atoms with Crippen LogP contribution in [0.4, 0.5) is 0 Å². The van der Waals surface area contributed by atoms with Gasteiger partial charge in [-0.1, -0.05) is 17.7 Å². The van der Waals surface area contributed by atoms with Crippen LogP contribution in [0.25, 0.3) is 0 Å². The zero-order valence-electron chi connectivity index (χ0n) is 7.59. The second-order valence-corrected chi connectivity index (χ2v) is 3.68. The molecule has 0 bridgehead atoms. The maximum atomic E-state index is 9.80. The molecule has 0 aromatic carbocycles. The minimum Gasteiger partial charge on any atom is -0.384 e. The molecule has 64 valence electrons. The minimum absolute atomic E-state index is 0.323. The molecule has 1 nitrogen and oxygen atoms in total. The quantitative estimate of drug-likeness (QED) is 0.579. The molecule has 0 heterocycles. The van der Waals surface area contributed by atoms with Crippen molar-refractivity contribution in [1.29, 1.82) is 0 Å². The van der Waals surface area contributed by atoms with Crippen molar-refractivity contribution in [3.05, 3.63) is 34.4 Å². The molecule has 1 N–H and O–H groups in total. The van der Waals surface area contributed by atoms with Gasteiger partial charge >= 0.3 is 0 Å². The van der Waals surface area contributed by atoms with Gasteiger partial charge in [0.05, 0.1) is 0 Å². The number of rotatable bonds is 0. The van der Waals surface area contributed by atoms with E-state index in [1.54, 1.807) is 0 Å². The summed E-state index contributed by atoms with van der Waals surface area (Å²) in [5.41, 5.74) is 4.85. The van der Waals surface area contributed by atoms with Gasteiger partial charge in [0.15, 0.2) is 0 Å². The Balaban J connectivity index is 2.49. The van der Waals surface area contributed by atoms with Crippen LogP contribution in [0.15, 0.2) is 34.4 Å². The van der Waals surface area contributed by atoms with E-state index < -0.39 is 0 Å². The second kappa shape index (κ2) is 2.60. The molecule has 0 spiro atoms. The van der Waals surface area contributed by atoms with Crippen molar-refractivity contribution in [2.24, 2.45) is 0 Å². The molecule has 12 heavy (non-hydrogen) atoms. The van der Waals surface area contributed by atoms with Crippen molar-refractivity contribution in [2.75, 3.05) is 0 Å². The monoisotopic (exact) mass is 162 g/mol. The number of aliphatic hydroxyl groups excluding tert-OH is 1. The van der Waals surface area contributed by atoms with Gasteiger partial charge in [-0.25, -0.2) is 0 Å². The zero-order valence-corrected chi connectivity index (χ0v) is 7.59. The molecule has 1 heteroatoms. The number of aliphatic hydroxyl groups is 1. The van der Waals surface area contributed by atoms with Crippen molar-refractivity contribution in [2.45, 2.75) is 32.8 Å². The Labute approximate surface area is 73.1 Å². The van der Waals surface area contributed by atoms with Crippen molar-refractivity contribution in [1.82, 2.24) is 0 Å². The summed E-state index contributed by atoms with van der Waals surface area (Å²) in [6.45, 7) is 4.11. The zero-order chi connectivity index (χ0) is 8.72. The van der Waals surface area contributed by atoms with Crippen LogP contribution in [0.5, 0.6) is 0 Å². The average molecular weight is 162 g/mol. The Bertz CT molecular complexity index is 305. The number of allylic oxidation sites excluding steroid dienone is 3. The van der Waals surface area contributed by atoms with E-state index in [1.165, 1.54) is 16.7 Å². The van der Waals surface area contributed by atoms with E-state index in [2.05, 4.69) is 19.1 Å². The van der Waals surface area contributed by atoms with Gasteiger partial charge in [-0.15, -0.1) is 0 Å². The van der Waals surface area contributed by atoms with E-state index in [0.717, 1.165) is 18.4 Å². The van der Waals surface area contributed by atoms with Crippen LogP contribution in [0.1, 0.15) is 26.7 Å². The van der Waals surface area contributed by atoms with Crippen molar-refractivity contribution < 1.29 is 5.11 Å². The third-order valence-electron chi connectivity index (χ3n) is 2.74. The molecule has 0 saturated heterocycles. The molecule has 0 aromatic rings. The third-order valence-corrected chi connectivity index (χ3v) is 2.74. The fourth-order valence-corrected chi connectivity index (χ4v) is 2.02. The molecule has 0 fully saturated rings. The molecule has 0 saturated carbocycles. The number of hydrogen-bond acceptors (Lipinski definition) is 1. The first kappa shape index (κ1) is 7.81. The summed E-state index contributed by atoms with van der Waals surface area (Å²) in [5.74, 6) is 0. The average Bonchev–Trinajstić information content (AvgIpc) is 2.29. The van der Waals surface area contributed by atoms with Crippen LogP contribution < -0.4 is 0 Å². The lowest BCUT2D eigenvalue weighted by Gasteiger charge is -2.16. The summed E-state index contributed by atoms with van der Waals surface area (Å²) in [6, 6.07) is 0. The Morgan fingerprint density at radius 3 is 2.83 bits per heavy atom.